The van der Waals surface area contributed by atoms with Crippen LogP contribution < -0.4 is 9.80 Å². The normalized spacial score (nSPS) is 10.4. The van der Waals surface area contributed by atoms with E-state index in [4.69, 9.17) is 0 Å². The van der Waals surface area contributed by atoms with Crippen LogP contribution in [-0.2, 0) is 0 Å². The number of carbonyl (C=O) groups excluding carboxylic acids is 1. The Morgan fingerprint density at radius 2 is 1.50 bits per heavy atom. The second kappa shape index (κ2) is 8.30. The molecule has 0 unspecified atom stereocenters. The number of para-hydroxylation sites is 1. The van der Waals surface area contributed by atoms with E-state index in [-0.39, 0.29) is 5.91 Å². The SMILES string of the molecule is CCN(C(=O)c1ccccc1)c1ccnc(N(CC)c2ccccc2)c1. The monoisotopic (exact) mass is 345 g/mol. The molecule has 0 N–H and O–H groups in total. The fourth-order valence-electron chi connectivity index (χ4n) is 2.99. The second-order valence-electron chi connectivity index (χ2n) is 5.87. The minimum atomic E-state index is -0.00647. The first kappa shape index (κ1) is 17.7. The molecule has 0 atom stereocenters. The van der Waals surface area contributed by atoms with Crippen LogP contribution in [0.25, 0.3) is 0 Å². The van der Waals surface area contributed by atoms with Crippen molar-refractivity contribution in [2.75, 3.05) is 22.9 Å². The summed E-state index contributed by atoms with van der Waals surface area (Å²) in [5, 5.41) is 0. The highest BCUT2D eigenvalue weighted by atomic mass is 16.2. The molecule has 3 aromatic rings. The molecule has 0 fully saturated rings. The summed E-state index contributed by atoms with van der Waals surface area (Å²) in [6.07, 6.45) is 1.76. The molecule has 0 aliphatic carbocycles. The number of hydrogen-bond acceptors (Lipinski definition) is 3. The van der Waals surface area contributed by atoms with Gasteiger partial charge in [0.15, 0.2) is 0 Å². The Kier molecular flexibility index (Phi) is 5.64. The summed E-state index contributed by atoms with van der Waals surface area (Å²) in [6.45, 7) is 5.46. The predicted molar refractivity (Wildman–Crippen MR) is 107 cm³/mol. The fraction of sp³-hybridized carbons (Fsp3) is 0.182. The number of nitrogens with zero attached hydrogens (tertiary/aromatic N) is 3. The van der Waals surface area contributed by atoms with Gasteiger partial charge in [-0.1, -0.05) is 36.4 Å². The zero-order valence-corrected chi connectivity index (χ0v) is 15.2. The van der Waals surface area contributed by atoms with Gasteiger partial charge in [0.1, 0.15) is 5.82 Å². The summed E-state index contributed by atoms with van der Waals surface area (Å²) < 4.78 is 0. The highest BCUT2D eigenvalue weighted by Crippen LogP contribution is 2.27. The van der Waals surface area contributed by atoms with Crippen molar-refractivity contribution in [3.63, 3.8) is 0 Å². The van der Waals surface area contributed by atoms with E-state index in [1.54, 1.807) is 11.1 Å². The van der Waals surface area contributed by atoms with Crippen LogP contribution in [0.5, 0.6) is 0 Å². The van der Waals surface area contributed by atoms with E-state index in [0.29, 0.717) is 12.1 Å². The van der Waals surface area contributed by atoms with E-state index in [1.165, 1.54) is 0 Å². The zero-order chi connectivity index (χ0) is 18.4. The number of benzene rings is 2. The van der Waals surface area contributed by atoms with Gasteiger partial charge in [-0.05, 0) is 44.2 Å². The summed E-state index contributed by atoms with van der Waals surface area (Å²) in [5.74, 6) is 0.823. The molecule has 132 valence electrons. The molecule has 0 aliphatic rings. The summed E-state index contributed by atoms with van der Waals surface area (Å²) in [4.78, 5) is 21.3. The van der Waals surface area contributed by atoms with Crippen molar-refractivity contribution in [2.45, 2.75) is 13.8 Å². The van der Waals surface area contributed by atoms with Crippen LogP contribution in [0, 0.1) is 0 Å². The summed E-state index contributed by atoms with van der Waals surface area (Å²) >= 11 is 0. The lowest BCUT2D eigenvalue weighted by molar-refractivity contribution is 0.0988. The van der Waals surface area contributed by atoms with E-state index in [0.717, 1.165) is 23.7 Å². The van der Waals surface area contributed by atoms with Gasteiger partial charge in [0.25, 0.3) is 5.91 Å². The summed E-state index contributed by atoms with van der Waals surface area (Å²) in [6, 6.07) is 23.4. The molecular weight excluding hydrogens is 322 g/mol. The molecule has 0 bridgehead atoms. The number of aromatic nitrogens is 1. The number of rotatable bonds is 6. The van der Waals surface area contributed by atoms with Gasteiger partial charge in [-0.2, -0.15) is 0 Å². The fourth-order valence-corrected chi connectivity index (χ4v) is 2.99. The van der Waals surface area contributed by atoms with E-state index < -0.39 is 0 Å². The van der Waals surface area contributed by atoms with Gasteiger partial charge in [-0.15, -0.1) is 0 Å². The van der Waals surface area contributed by atoms with Gasteiger partial charge < -0.3 is 9.80 Å². The summed E-state index contributed by atoms with van der Waals surface area (Å²) in [7, 11) is 0. The van der Waals surface area contributed by atoms with E-state index in [2.05, 4.69) is 28.9 Å². The molecule has 1 heterocycles. The van der Waals surface area contributed by atoms with Crippen molar-refractivity contribution in [1.29, 1.82) is 0 Å². The number of hydrogen-bond donors (Lipinski definition) is 0. The number of pyridine rings is 1. The van der Waals surface area contributed by atoms with Crippen molar-refractivity contribution in [2.24, 2.45) is 0 Å². The maximum Gasteiger partial charge on any atom is 0.258 e. The highest BCUT2D eigenvalue weighted by molar-refractivity contribution is 6.06. The minimum Gasteiger partial charge on any atom is -0.327 e. The number of carbonyl (C=O) groups is 1. The molecule has 3 rings (SSSR count). The average Bonchev–Trinajstić information content (AvgIpc) is 2.71. The molecule has 2 aromatic carbocycles. The van der Waals surface area contributed by atoms with Gasteiger partial charge >= 0.3 is 0 Å². The Labute approximate surface area is 154 Å². The van der Waals surface area contributed by atoms with Crippen LogP contribution >= 0.6 is 0 Å². The Morgan fingerprint density at radius 1 is 0.846 bits per heavy atom. The lowest BCUT2D eigenvalue weighted by atomic mass is 10.2. The summed E-state index contributed by atoms with van der Waals surface area (Å²) in [5.41, 5.74) is 2.61. The Bertz CT molecular complexity index is 850. The van der Waals surface area contributed by atoms with Crippen LogP contribution in [0.15, 0.2) is 79.0 Å². The Hall–Kier alpha value is -3.14. The van der Waals surface area contributed by atoms with E-state index in [9.17, 15) is 4.79 Å². The quantitative estimate of drug-likeness (QED) is 0.637. The van der Waals surface area contributed by atoms with Crippen LogP contribution in [0.1, 0.15) is 24.2 Å². The van der Waals surface area contributed by atoms with Crippen molar-refractivity contribution in [1.82, 2.24) is 4.98 Å². The number of amides is 1. The molecule has 0 saturated heterocycles. The molecule has 0 radical (unpaired) electrons. The lowest BCUT2D eigenvalue weighted by Gasteiger charge is -2.25. The largest absolute Gasteiger partial charge is 0.327 e. The van der Waals surface area contributed by atoms with Crippen LogP contribution in [0.3, 0.4) is 0 Å². The van der Waals surface area contributed by atoms with Crippen LogP contribution in [0.4, 0.5) is 17.2 Å². The van der Waals surface area contributed by atoms with Gasteiger partial charge in [0.2, 0.25) is 0 Å². The first-order valence-corrected chi connectivity index (χ1v) is 8.90. The molecule has 0 aliphatic heterocycles. The topological polar surface area (TPSA) is 36.4 Å². The Morgan fingerprint density at radius 3 is 2.12 bits per heavy atom. The molecule has 4 heteroatoms. The first-order chi connectivity index (χ1) is 12.7. The van der Waals surface area contributed by atoms with Crippen LogP contribution in [-0.4, -0.2) is 24.0 Å². The van der Waals surface area contributed by atoms with Crippen molar-refractivity contribution in [3.8, 4) is 0 Å². The minimum absolute atomic E-state index is 0.00647. The molecule has 1 aromatic heterocycles. The van der Waals surface area contributed by atoms with Crippen molar-refractivity contribution < 1.29 is 4.79 Å². The van der Waals surface area contributed by atoms with Gasteiger partial charge in [-0.25, -0.2) is 4.98 Å². The van der Waals surface area contributed by atoms with Crippen molar-refractivity contribution in [3.05, 3.63) is 84.6 Å². The zero-order valence-electron chi connectivity index (χ0n) is 15.2. The standard InChI is InChI=1S/C22H23N3O/c1-3-24(19-13-9-6-10-14-19)21-17-20(15-16-23-21)25(4-2)22(26)18-11-7-5-8-12-18/h5-17H,3-4H2,1-2H3. The maximum atomic E-state index is 12.9. The van der Waals surface area contributed by atoms with Crippen molar-refractivity contribution >= 4 is 23.1 Å². The third-order valence-corrected chi connectivity index (χ3v) is 4.28. The third kappa shape index (κ3) is 3.75. The molecule has 0 saturated carbocycles. The van der Waals surface area contributed by atoms with Crippen LogP contribution in [0.2, 0.25) is 0 Å². The average molecular weight is 345 g/mol. The third-order valence-electron chi connectivity index (χ3n) is 4.28. The molecule has 26 heavy (non-hydrogen) atoms. The first-order valence-electron chi connectivity index (χ1n) is 8.90. The van der Waals surface area contributed by atoms with E-state index in [1.807, 2.05) is 67.6 Å². The van der Waals surface area contributed by atoms with E-state index >= 15 is 0 Å². The smallest absolute Gasteiger partial charge is 0.258 e. The molecule has 4 nitrogen and oxygen atoms in total. The molecule has 0 spiro atoms. The predicted octanol–water partition coefficient (Wildman–Crippen LogP) is 4.91. The second-order valence-corrected chi connectivity index (χ2v) is 5.87. The Balaban J connectivity index is 1.93. The molecular formula is C22H23N3O. The van der Waals surface area contributed by atoms with Gasteiger partial charge in [-0.3, -0.25) is 4.79 Å². The lowest BCUT2D eigenvalue weighted by Crippen LogP contribution is -2.31. The maximum absolute atomic E-state index is 12.9. The van der Waals surface area contributed by atoms with Gasteiger partial charge in [0, 0.05) is 42.3 Å². The number of anilines is 3. The molecule has 1 amide bonds. The highest BCUT2D eigenvalue weighted by Gasteiger charge is 2.17. The van der Waals surface area contributed by atoms with Gasteiger partial charge in [0.05, 0.1) is 0 Å².